The van der Waals surface area contributed by atoms with E-state index in [4.69, 9.17) is 14.2 Å². The molecule has 1 saturated heterocycles. The number of imide groups is 1. The second-order valence-electron chi connectivity index (χ2n) is 7.64. The predicted molar refractivity (Wildman–Crippen MR) is 122 cm³/mol. The number of carbonyl (C=O) groups excluding carboxylic acids is 3. The fraction of sp³-hybridized carbons (Fsp3) is 0.348. The van der Waals surface area contributed by atoms with Crippen LogP contribution in [0.1, 0.15) is 42.1 Å². The van der Waals surface area contributed by atoms with Gasteiger partial charge in [0.1, 0.15) is 5.56 Å². The summed E-state index contributed by atoms with van der Waals surface area (Å²) in [7, 11) is 3.86. The summed E-state index contributed by atoms with van der Waals surface area (Å²) in [5.74, 6) is -1.57. The first-order valence-corrected chi connectivity index (χ1v) is 10.5. The Morgan fingerprint density at radius 1 is 1.12 bits per heavy atom. The van der Waals surface area contributed by atoms with Crippen molar-refractivity contribution in [3.63, 3.8) is 0 Å². The fourth-order valence-corrected chi connectivity index (χ4v) is 4.13. The van der Waals surface area contributed by atoms with Gasteiger partial charge in [-0.2, -0.15) is 0 Å². The number of nitro benzene ring substituents is 1. The highest BCUT2D eigenvalue weighted by molar-refractivity contribution is 6.08. The van der Waals surface area contributed by atoms with Gasteiger partial charge in [-0.1, -0.05) is 19.1 Å². The van der Waals surface area contributed by atoms with Crippen molar-refractivity contribution in [3.05, 3.63) is 51.6 Å². The Hall–Kier alpha value is -4.15. The molecule has 3 amide bonds. The van der Waals surface area contributed by atoms with E-state index in [0.29, 0.717) is 24.1 Å². The minimum Gasteiger partial charge on any atom is -0.493 e. The molecule has 0 radical (unpaired) electrons. The zero-order valence-corrected chi connectivity index (χ0v) is 19.2. The second-order valence-corrected chi connectivity index (χ2v) is 7.64. The Kier molecular flexibility index (Phi) is 7.04. The number of rotatable bonds is 8. The molecule has 1 aliphatic heterocycles. The number of nitrogens with zero attached hydrogens (tertiary/aromatic N) is 1. The Bertz CT molecular complexity index is 1150. The molecule has 0 bridgehead atoms. The number of hydrogen-bond donors (Lipinski definition) is 2. The van der Waals surface area contributed by atoms with E-state index in [1.54, 1.807) is 24.3 Å². The van der Waals surface area contributed by atoms with Crippen molar-refractivity contribution >= 4 is 29.1 Å². The maximum absolute atomic E-state index is 13.0. The van der Waals surface area contributed by atoms with Gasteiger partial charge >= 0.3 is 5.69 Å². The molecule has 0 spiro atoms. The monoisotopic (exact) mass is 471 g/mol. The quantitative estimate of drug-likeness (QED) is 0.339. The molecule has 11 heteroatoms. The summed E-state index contributed by atoms with van der Waals surface area (Å²) in [4.78, 5) is 48.2. The van der Waals surface area contributed by atoms with Gasteiger partial charge in [0.25, 0.3) is 5.91 Å². The number of anilines is 1. The molecular formula is C23H25N3O8. The summed E-state index contributed by atoms with van der Waals surface area (Å²) in [6.07, 6.45) is 1.12. The van der Waals surface area contributed by atoms with Crippen molar-refractivity contribution in [2.24, 2.45) is 0 Å². The Morgan fingerprint density at radius 2 is 1.76 bits per heavy atom. The van der Waals surface area contributed by atoms with Crippen LogP contribution in [0.15, 0.2) is 30.3 Å². The van der Waals surface area contributed by atoms with Crippen LogP contribution in [-0.2, 0) is 15.0 Å². The van der Waals surface area contributed by atoms with E-state index in [1.165, 1.54) is 27.4 Å². The highest BCUT2D eigenvalue weighted by atomic mass is 16.6. The molecular weight excluding hydrogens is 446 g/mol. The first-order chi connectivity index (χ1) is 16.2. The van der Waals surface area contributed by atoms with Gasteiger partial charge in [-0.15, -0.1) is 0 Å². The van der Waals surface area contributed by atoms with Gasteiger partial charge in [0, 0.05) is 18.2 Å². The summed E-state index contributed by atoms with van der Waals surface area (Å²) >= 11 is 0. The molecule has 1 heterocycles. The van der Waals surface area contributed by atoms with Crippen LogP contribution < -0.4 is 24.8 Å². The van der Waals surface area contributed by atoms with Crippen LogP contribution in [-0.4, -0.2) is 44.0 Å². The van der Waals surface area contributed by atoms with Gasteiger partial charge in [0.05, 0.1) is 31.7 Å². The third-order valence-corrected chi connectivity index (χ3v) is 6.00. The lowest BCUT2D eigenvalue weighted by atomic mass is 9.72. The minimum absolute atomic E-state index is 0.00768. The third-order valence-electron chi connectivity index (χ3n) is 6.00. The van der Waals surface area contributed by atoms with Crippen molar-refractivity contribution in [1.29, 1.82) is 0 Å². The predicted octanol–water partition coefficient (Wildman–Crippen LogP) is 2.96. The third kappa shape index (κ3) is 4.24. The van der Waals surface area contributed by atoms with Crippen LogP contribution in [0.5, 0.6) is 17.2 Å². The van der Waals surface area contributed by atoms with Crippen LogP contribution in [0.25, 0.3) is 0 Å². The molecule has 34 heavy (non-hydrogen) atoms. The van der Waals surface area contributed by atoms with Crippen LogP contribution in [0.3, 0.4) is 0 Å². The summed E-state index contributed by atoms with van der Waals surface area (Å²) in [5, 5.41) is 16.8. The summed E-state index contributed by atoms with van der Waals surface area (Å²) in [6.45, 7) is 1.87. The zero-order chi connectivity index (χ0) is 25.0. The number of ether oxygens (including phenoxy) is 3. The lowest BCUT2D eigenvalue weighted by molar-refractivity contribution is -0.386. The van der Waals surface area contributed by atoms with E-state index in [9.17, 15) is 24.5 Å². The van der Waals surface area contributed by atoms with Gasteiger partial charge in [0.15, 0.2) is 5.75 Å². The van der Waals surface area contributed by atoms with Crippen molar-refractivity contribution in [2.45, 2.75) is 31.6 Å². The van der Waals surface area contributed by atoms with Crippen LogP contribution in [0, 0.1) is 10.1 Å². The smallest absolute Gasteiger partial charge is 0.327 e. The van der Waals surface area contributed by atoms with Crippen LogP contribution in [0.2, 0.25) is 0 Å². The van der Waals surface area contributed by atoms with E-state index in [-0.39, 0.29) is 41.0 Å². The lowest BCUT2D eigenvalue weighted by Gasteiger charge is -2.35. The van der Waals surface area contributed by atoms with E-state index in [1.807, 2.05) is 6.92 Å². The number of hydrogen-bond acceptors (Lipinski definition) is 8. The topological polar surface area (TPSA) is 146 Å². The van der Waals surface area contributed by atoms with Crippen molar-refractivity contribution in [2.75, 3.05) is 26.6 Å². The van der Waals surface area contributed by atoms with Gasteiger partial charge in [-0.05, 0) is 30.5 Å². The molecule has 2 aromatic carbocycles. The van der Waals surface area contributed by atoms with Gasteiger partial charge < -0.3 is 19.5 Å². The molecule has 0 aliphatic carbocycles. The van der Waals surface area contributed by atoms with Crippen molar-refractivity contribution < 1.29 is 33.5 Å². The first-order valence-electron chi connectivity index (χ1n) is 10.5. The van der Waals surface area contributed by atoms with Crippen molar-refractivity contribution in [1.82, 2.24) is 5.32 Å². The number of nitrogens with one attached hydrogen (secondary N) is 2. The maximum atomic E-state index is 13.0. The molecule has 1 atom stereocenters. The van der Waals surface area contributed by atoms with Gasteiger partial charge in [0.2, 0.25) is 23.3 Å². The largest absolute Gasteiger partial charge is 0.493 e. The van der Waals surface area contributed by atoms with Crippen LogP contribution >= 0.6 is 0 Å². The zero-order valence-electron chi connectivity index (χ0n) is 19.2. The molecule has 1 fully saturated rings. The van der Waals surface area contributed by atoms with E-state index in [0.717, 1.165) is 0 Å². The van der Waals surface area contributed by atoms with E-state index in [2.05, 4.69) is 10.6 Å². The molecule has 180 valence electrons. The fourth-order valence-electron chi connectivity index (χ4n) is 4.13. The number of nitro groups is 1. The molecule has 3 rings (SSSR count). The first kappa shape index (κ1) is 24.5. The Labute approximate surface area is 195 Å². The molecule has 1 aliphatic rings. The second kappa shape index (κ2) is 9.77. The number of piperidine rings is 1. The minimum atomic E-state index is -0.841. The van der Waals surface area contributed by atoms with E-state index < -0.39 is 21.9 Å². The number of methoxy groups -OCH3 is 3. The molecule has 2 aromatic rings. The highest BCUT2D eigenvalue weighted by Crippen LogP contribution is 2.46. The summed E-state index contributed by atoms with van der Waals surface area (Å²) in [5.41, 5.74) is -0.625. The average Bonchev–Trinajstić information content (AvgIpc) is 2.83. The SMILES string of the molecule is CCC1(c2ccc(NC(=O)c3cc(OC)c(OC)c(OC)c3[N+](=O)[O-])cc2)CCC(=O)NC1=O. The maximum Gasteiger partial charge on any atom is 0.327 e. The van der Waals surface area contributed by atoms with Crippen LogP contribution in [0.4, 0.5) is 11.4 Å². The number of amides is 3. The van der Waals surface area contributed by atoms with Gasteiger partial charge in [-0.3, -0.25) is 29.8 Å². The molecule has 0 saturated carbocycles. The van der Waals surface area contributed by atoms with E-state index >= 15 is 0 Å². The van der Waals surface area contributed by atoms with Crippen molar-refractivity contribution in [3.8, 4) is 17.2 Å². The summed E-state index contributed by atoms with van der Waals surface area (Å²) in [6, 6.07) is 7.78. The summed E-state index contributed by atoms with van der Waals surface area (Å²) < 4.78 is 15.5. The molecule has 0 aromatic heterocycles. The number of carbonyl (C=O) groups is 3. The van der Waals surface area contributed by atoms with Gasteiger partial charge in [-0.25, -0.2) is 0 Å². The molecule has 2 N–H and O–H groups in total. The Balaban J connectivity index is 1.94. The normalized spacial score (nSPS) is 17.5. The average molecular weight is 471 g/mol. The highest BCUT2D eigenvalue weighted by Gasteiger charge is 2.42. The lowest BCUT2D eigenvalue weighted by Crippen LogP contribution is -2.51. The molecule has 11 nitrogen and oxygen atoms in total. The standard InChI is InChI=1S/C23H25N3O8/c1-5-23(11-10-17(27)25-22(23)29)13-6-8-14(9-7-13)24-21(28)15-12-16(32-2)19(33-3)20(34-4)18(15)26(30)31/h6-9,12H,5,10-11H2,1-4H3,(H,24,28)(H,25,27,29). The Morgan fingerprint density at radius 3 is 2.26 bits per heavy atom. The molecule has 1 unspecified atom stereocenters. The number of benzene rings is 2.